The number of thioether (sulfide) groups is 1. The topological polar surface area (TPSA) is 98.1 Å². The van der Waals surface area contributed by atoms with Crippen LogP contribution in [0.15, 0.2) is 84.0 Å². The summed E-state index contributed by atoms with van der Waals surface area (Å²) >= 11 is 1.75. The van der Waals surface area contributed by atoms with Crippen molar-refractivity contribution in [3.63, 3.8) is 0 Å². The smallest absolute Gasteiger partial charge is 0.341 e. The minimum atomic E-state index is -1.60. The lowest BCUT2D eigenvalue weighted by Gasteiger charge is -2.16. The zero-order valence-corrected chi connectivity index (χ0v) is 23.2. The number of nitrogens with zero attached hydrogens (tertiary/aromatic N) is 2. The molecule has 5 aromatic rings. The fourth-order valence-corrected chi connectivity index (χ4v) is 6.11. The van der Waals surface area contributed by atoms with Crippen LogP contribution in [0.4, 0.5) is 18.9 Å². The van der Waals surface area contributed by atoms with Crippen LogP contribution in [-0.4, -0.2) is 26.6 Å². The molecule has 216 valence electrons. The number of halogens is 3. The molecule has 0 amide bonds. The van der Waals surface area contributed by atoms with Crippen molar-refractivity contribution < 1.29 is 27.6 Å². The predicted octanol–water partition coefficient (Wildman–Crippen LogP) is 8.13. The maximum absolute atomic E-state index is 14.4. The Kier molecular flexibility index (Phi) is 7.73. The van der Waals surface area contributed by atoms with Crippen LogP contribution in [-0.2, 0) is 17.8 Å². The molecule has 7 nitrogen and oxygen atoms in total. The van der Waals surface area contributed by atoms with Crippen molar-refractivity contribution in [2.45, 2.75) is 24.3 Å². The van der Waals surface area contributed by atoms with Crippen LogP contribution in [0.2, 0.25) is 0 Å². The summed E-state index contributed by atoms with van der Waals surface area (Å²) in [6.45, 7) is -0.187. The van der Waals surface area contributed by atoms with E-state index in [9.17, 15) is 28.1 Å². The van der Waals surface area contributed by atoms with Gasteiger partial charge in [-0.15, -0.1) is 11.8 Å². The number of benzene rings is 3. The average Bonchev–Trinajstić information content (AvgIpc) is 3.43. The van der Waals surface area contributed by atoms with Gasteiger partial charge in [-0.25, -0.2) is 18.0 Å². The lowest BCUT2D eigenvalue weighted by Crippen LogP contribution is -2.08. The van der Waals surface area contributed by atoms with Gasteiger partial charge in [0.15, 0.2) is 17.5 Å². The number of pyridine rings is 1. The van der Waals surface area contributed by atoms with Gasteiger partial charge in [0.2, 0.25) is 0 Å². The summed E-state index contributed by atoms with van der Waals surface area (Å²) < 4.78 is 48.5. The van der Waals surface area contributed by atoms with Crippen LogP contribution in [0.3, 0.4) is 0 Å². The highest BCUT2D eigenvalue weighted by atomic mass is 32.2. The molecule has 0 saturated carbocycles. The van der Waals surface area contributed by atoms with E-state index < -0.39 is 28.3 Å². The molecule has 0 aliphatic carbocycles. The summed E-state index contributed by atoms with van der Waals surface area (Å²) in [7, 11) is 0. The summed E-state index contributed by atoms with van der Waals surface area (Å²) in [6, 6.07) is 16.4. The van der Waals surface area contributed by atoms with E-state index in [-0.39, 0.29) is 29.1 Å². The SMILES string of the molecule is O=C(OCc1ccc([N+](=O)[O-])cc1)c1c(-c2ccc3c(c2)CCCS3)[nH]c(-c2cc(F)c(F)c(F)c2)c1-c1ccncc1. The number of nitro groups is 1. The number of hydrogen-bond acceptors (Lipinski definition) is 6. The highest BCUT2D eigenvalue weighted by molar-refractivity contribution is 7.99. The largest absolute Gasteiger partial charge is 0.457 e. The van der Waals surface area contributed by atoms with E-state index in [2.05, 4.69) is 9.97 Å². The molecular weight excluding hydrogens is 579 g/mol. The van der Waals surface area contributed by atoms with Crippen molar-refractivity contribution in [1.82, 2.24) is 9.97 Å². The van der Waals surface area contributed by atoms with Gasteiger partial charge >= 0.3 is 5.97 Å². The normalized spacial score (nSPS) is 12.5. The number of nitro benzene ring substituents is 1. The quantitative estimate of drug-likeness (QED) is 0.0876. The van der Waals surface area contributed by atoms with Crippen molar-refractivity contribution in [3.8, 4) is 33.6 Å². The predicted molar refractivity (Wildman–Crippen MR) is 156 cm³/mol. The molecule has 6 rings (SSSR count). The fraction of sp³-hybridized carbons (Fsp3) is 0.125. The second kappa shape index (κ2) is 11.8. The molecule has 1 aliphatic heterocycles. The zero-order chi connectivity index (χ0) is 30.1. The van der Waals surface area contributed by atoms with Gasteiger partial charge in [-0.3, -0.25) is 15.1 Å². The molecule has 3 aromatic carbocycles. The number of aryl methyl sites for hydroxylation is 1. The van der Waals surface area contributed by atoms with E-state index in [0.29, 0.717) is 27.9 Å². The van der Waals surface area contributed by atoms with Crippen LogP contribution in [0.25, 0.3) is 33.6 Å². The molecule has 1 N–H and O–H groups in total. The molecule has 0 bridgehead atoms. The van der Waals surface area contributed by atoms with Gasteiger partial charge in [-0.2, -0.15) is 0 Å². The van der Waals surface area contributed by atoms with E-state index in [4.69, 9.17) is 4.74 Å². The second-order valence-electron chi connectivity index (χ2n) is 9.89. The van der Waals surface area contributed by atoms with E-state index in [0.717, 1.165) is 41.2 Å². The molecule has 0 radical (unpaired) electrons. The lowest BCUT2D eigenvalue weighted by molar-refractivity contribution is -0.384. The number of carbonyl (C=O) groups excluding carboxylic acids is 1. The standard InChI is InChI=1S/C32H22F3N3O4S/c33-24-15-22(16-25(34)29(24)35)31-27(19-9-11-36-12-10-19)28(32(39)42-17-18-3-6-23(7-4-18)38(40)41)30(37-31)21-5-8-26-20(14-21)2-1-13-43-26/h3-12,14-16,37H,1-2,13,17H2. The Morgan fingerprint density at radius 3 is 2.35 bits per heavy atom. The Bertz CT molecular complexity index is 1840. The van der Waals surface area contributed by atoms with Gasteiger partial charge in [-0.1, -0.05) is 6.07 Å². The van der Waals surface area contributed by atoms with Crippen LogP contribution in [0.1, 0.15) is 27.9 Å². The van der Waals surface area contributed by atoms with E-state index in [1.165, 1.54) is 36.7 Å². The number of carbonyl (C=O) groups is 1. The number of ether oxygens (including phenoxy) is 1. The third kappa shape index (κ3) is 5.63. The van der Waals surface area contributed by atoms with Gasteiger partial charge in [-0.05, 0) is 89.4 Å². The second-order valence-corrected chi connectivity index (χ2v) is 11.0. The molecular formula is C32H22F3N3O4S. The molecule has 0 saturated heterocycles. The minimum Gasteiger partial charge on any atom is -0.457 e. The number of hydrogen-bond donors (Lipinski definition) is 1. The third-order valence-corrected chi connectivity index (χ3v) is 8.36. The number of non-ortho nitro benzene ring substituents is 1. The Labute approximate surface area is 247 Å². The van der Waals surface area contributed by atoms with Crippen molar-refractivity contribution in [2.75, 3.05) is 5.75 Å². The van der Waals surface area contributed by atoms with Gasteiger partial charge < -0.3 is 9.72 Å². The van der Waals surface area contributed by atoms with Crippen LogP contribution < -0.4 is 0 Å². The van der Waals surface area contributed by atoms with Crippen molar-refractivity contribution in [1.29, 1.82) is 0 Å². The number of aromatic nitrogens is 2. The van der Waals surface area contributed by atoms with Gasteiger partial charge in [0, 0.05) is 40.5 Å². The average molecular weight is 602 g/mol. The maximum atomic E-state index is 14.4. The third-order valence-electron chi connectivity index (χ3n) is 7.16. The minimum absolute atomic E-state index is 0.00704. The summed E-state index contributed by atoms with van der Waals surface area (Å²) in [6.07, 6.45) is 4.88. The van der Waals surface area contributed by atoms with Crippen LogP contribution in [0, 0.1) is 27.6 Å². The van der Waals surface area contributed by atoms with Crippen LogP contribution in [0.5, 0.6) is 0 Å². The van der Waals surface area contributed by atoms with E-state index in [1.54, 1.807) is 23.9 Å². The number of fused-ring (bicyclic) bond motifs is 1. The first-order valence-corrected chi connectivity index (χ1v) is 14.3. The van der Waals surface area contributed by atoms with Crippen molar-refractivity contribution >= 4 is 23.4 Å². The molecule has 0 atom stereocenters. The maximum Gasteiger partial charge on any atom is 0.341 e. The number of aromatic amines is 1. The van der Waals surface area contributed by atoms with Crippen molar-refractivity contribution in [3.05, 3.63) is 123 Å². The molecule has 11 heteroatoms. The van der Waals surface area contributed by atoms with Gasteiger partial charge in [0.05, 0.1) is 21.9 Å². The molecule has 0 fully saturated rings. The molecule has 43 heavy (non-hydrogen) atoms. The van der Waals surface area contributed by atoms with Gasteiger partial charge in [0.1, 0.15) is 6.61 Å². The monoisotopic (exact) mass is 601 g/mol. The molecule has 1 aliphatic rings. The number of nitrogens with one attached hydrogen (secondary N) is 1. The first-order valence-electron chi connectivity index (χ1n) is 13.3. The Morgan fingerprint density at radius 1 is 0.930 bits per heavy atom. The summed E-state index contributed by atoms with van der Waals surface area (Å²) in [5.41, 5.74) is 3.65. The summed E-state index contributed by atoms with van der Waals surface area (Å²) in [4.78, 5) is 32.8. The molecule has 0 spiro atoms. The highest BCUT2D eigenvalue weighted by Gasteiger charge is 2.29. The van der Waals surface area contributed by atoms with E-state index >= 15 is 0 Å². The molecule has 2 aromatic heterocycles. The van der Waals surface area contributed by atoms with Crippen molar-refractivity contribution in [2.24, 2.45) is 0 Å². The van der Waals surface area contributed by atoms with Gasteiger partial charge in [0.25, 0.3) is 5.69 Å². The van der Waals surface area contributed by atoms with E-state index in [1.807, 2.05) is 18.2 Å². The first kappa shape index (κ1) is 28.2. The lowest BCUT2D eigenvalue weighted by atomic mass is 9.95. The Balaban J connectivity index is 1.52. The number of H-pyrrole nitrogens is 1. The molecule has 3 heterocycles. The fourth-order valence-electron chi connectivity index (χ4n) is 5.10. The highest BCUT2D eigenvalue weighted by Crippen LogP contribution is 2.43. The molecule has 0 unspecified atom stereocenters. The number of rotatable bonds is 7. The number of esters is 1. The first-order chi connectivity index (χ1) is 20.8. The summed E-state index contributed by atoms with van der Waals surface area (Å²) in [5.74, 6) is -4.08. The summed E-state index contributed by atoms with van der Waals surface area (Å²) in [5, 5.41) is 11.0. The van der Waals surface area contributed by atoms with Crippen LogP contribution >= 0.6 is 11.8 Å². The Hall–Kier alpha value is -4.90. The Morgan fingerprint density at radius 2 is 1.65 bits per heavy atom. The zero-order valence-electron chi connectivity index (χ0n) is 22.4.